The van der Waals surface area contributed by atoms with Gasteiger partial charge in [-0.25, -0.2) is 0 Å². The zero-order chi connectivity index (χ0) is 9.68. The summed E-state index contributed by atoms with van der Waals surface area (Å²) in [4.78, 5) is 0. The van der Waals surface area contributed by atoms with Gasteiger partial charge in [0.15, 0.2) is 0 Å². The van der Waals surface area contributed by atoms with Gasteiger partial charge >= 0.3 is 0 Å². The number of hydroxylamine groups is 2. The molecule has 0 radical (unpaired) electrons. The van der Waals surface area contributed by atoms with E-state index in [0.29, 0.717) is 12.1 Å². The Morgan fingerprint density at radius 3 is 2.46 bits per heavy atom. The molecule has 1 N–H and O–H groups in total. The number of hydrogen-bond acceptors (Lipinski definition) is 2. The molecule has 0 aromatic heterocycles. The highest BCUT2D eigenvalue weighted by atomic mass is 16.5. The summed E-state index contributed by atoms with van der Waals surface area (Å²) < 4.78 is 0. The van der Waals surface area contributed by atoms with Crippen LogP contribution in [0.4, 0.5) is 0 Å². The lowest BCUT2D eigenvalue weighted by Gasteiger charge is -2.33. The van der Waals surface area contributed by atoms with Gasteiger partial charge in [-0.1, -0.05) is 32.6 Å². The summed E-state index contributed by atoms with van der Waals surface area (Å²) >= 11 is 0. The van der Waals surface area contributed by atoms with Gasteiger partial charge in [0.1, 0.15) is 0 Å². The molecule has 0 aromatic carbocycles. The molecule has 1 atom stereocenters. The lowest BCUT2D eigenvalue weighted by Crippen LogP contribution is -2.40. The van der Waals surface area contributed by atoms with Gasteiger partial charge in [-0.2, -0.15) is 5.06 Å². The molecule has 0 aliphatic heterocycles. The highest BCUT2D eigenvalue weighted by Gasteiger charge is 2.22. The third-order valence-electron chi connectivity index (χ3n) is 3.11. The molecule has 1 aliphatic rings. The summed E-state index contributed by atoms with van der Waals surface area (Å²) in [6.07, 6.45) is 8.57. The van der Waals surface area contributed by atoms with Crippen molar-refractivity contribution in [1.82, 2.24) is 5.06 Å². The molecule has 13 heavy (non-hydrogen) atoms. The Kier molecular flexibility index (Phi) is 4.74. The molecule has 78 valence electrons. The maximum absolute atomic E-state index is 9.91. The highest BCUT2D eigenvalue weighted by molar-refractivity contribution is 4.73. The van der Waals surface area contributed by atoms with Crippen molar-refractivity contribution in [1.29, 1.82) is 0 Å². The van der Waals surface area contributed by atoms with E-state index in [-0.39, 0.29) is 0 Å². The predicted molar refractivity (Wildman–Crippen MR) is 54.9 cm³/mol. The first kappa shape index (κ1) is 11.0. The van der Waals surface area contributed by atoms with Crippen molar-refractivity contribution in [3.63, 3.8) is 0 Å². The second-order valence-electron chi connectivity index (χ2n) is 4.31. The molecule has 1 rings (SSSR count). The Labute approximate surface area is 81.9 Å². The molecule has 2 heteroatoms. The number of rotatable bonds is 4. The molecule has 1 fully saturated rings. The van der Waals surface area contributed by atoms with Crippen LogP contribution in [0.25, 0.3) is 0 Å². The molecule has 1 aliphatic carbocycles. The van der Waals surface area contributed by atoms with Gasteiger partial charge < -0.3 is 5.21 Å². The summed E-state index contributed by atoms with van der Waals surface area (Å²) in [5.74, 6) is 0. The molecule has 0 bridgehead atoms. The zero-order valence-corrected chi connectivity index (χ0v) is 9.00. The van der Waals surface area contributed by atoms with Crippen LogP contribution in [-0.4, -0.2) is 22.4 Å². The van der Waals surface area contributed by atoms with Crippen LogP contribution >= 0.6 is 0 Å². The predicted octanol–water partition coefficient (Wildman–Crippen LogP) is 3.20. The second-order valence-corrected chi connectivity index (χ2v) is 4.31. The van der Waals surface area contributed by atoms with Crippen molar-refractivity contribution in [3.05, 3.63) is 0 Å². The van der Waals surface area contributed by atoms with E-state index in [0.717, 1.165) is 12.8 Å². The van der Waals surface area contributed by atoms with Gasteiger partial charge in [0.2, 0.25) is 0 Å². The first-order valence-electron chi connectivity index (χ1n) is 5.73. The third-order valence-corrected chi connectivity index (χ3v) is 3.11. The zero-order valence-electron chi connectivity index (χ0n) is 9.00. The van der Waals surface area contributed by atoms with Crippen LogP contribution < -0.4 is 0 Å². The quantitative estimate of drug-likeness (QED) is 0.680. The van der Waals surface area contributed by atoms with E-state index in [1.165, 1.54) is 32.1 Å². The Morgan fingerprint density at radius 1 is 1.31 bits per heavy atom. The van der Waals surface area contributed by atoms with Gasteiger partial charge in [0.05, 0.1) is 0 Å². The molecule has 0 aromatic rings. The Bertz CT molecular complexity index is 132. The average molecular weight is 185 g/mol. The normalized spacial score (nSPS) is 22.2. The fraction of sp³-hybridized carbons (Fsp3) is 1.00. The summed E-state index contributed by atoms with van der Waals surface area (Å²) in [7, 11) is 0. The topological polar surface area (TPSA) is 23.5 Å². The van der Waals surface area contributed by atoms with E-state index < -0.39 is 0 Å². The van der Waals surface area contributed by atoms with Crippen molar-refractivity contribution < 1.29 is 5.21 Å². The van der Waals surface area contributed by atoms with Crippen LogP contribution in [0.15, 0.2) is 0 Å². The summed E-state index contributed by atoms with van der Waals surface area (Å²) in [6.45, 7) is 4.29. The highest BCUT2D eigenvalue weighted by Crippen LogP contribution is 2.23. The first-order chi connectivity index (χ1) is 6.25. The largest absolute Gasteiger partial charge is 0.313 e. The van der Waals surface area contributed by atoms with Crippen LogP contribution in [0.2, 0.25) is 0 Å². The molecule has 1 unspecified atom stereocenters. The SMILES string of the molecule is CCCC(C)N(O)C1CCCCC1. The van der Waals surface area contributed by atoms with E-state index in [1.54, 1.807) is 5.06 Å². The Hall–Kier alpha value is -0.0800. The van der Waals surface area contributed by atoms with Crippen molar-refractivity contribution in [2.45, 2.75) is 70.9 Å². The van der Waals surface area contributed by atoms with Gasteiger partial charge in [-0.05, 0) is 26.2 Å². The molecular formula is C11H23NO. The maximum Gasteiger partial charge on any atom is 0.0353 e. The van der Waals surface area contributed by atoms with Crippen molar-refractivity contribution in [2.24, 2.45) is 0 Å². The van der Waals surface area contributed by atoms with E-state index in [2.05, 4.69) is 13.8 Å². The third kappa shape index (κ3) is 3.28. The fourth-order valence-corrected chi connectivity index (χ4v) is 2.26. The molecule has 0 amide bonds. The molecule has 0 spiro atoms. The molecule has 1 saturated carbocycles. The van der Waals surface area contributed by atoms with Gasteiger partial charge in [0.25, 0.3) is 0 Å². The van der Waals surface area contributed by atoms with Crippen LogP contribution in [-0.2, 0) is 0 Å². The number of hydrogen-bond donors (Lipinski definition) is 1. The minimum absolute atomic E-state index is 0.341. The molecular weight excluding hydrogens is 162 g/mol. The van der Waals surface area contributed by atoms with E-state index in [4.69, 9.17) is 0 Å². The summed E-state index contributed by atoms with van der Waals surface area (Å²) in [5, 5.41) is 11.5. The van der Waals surface area contributed by atoms with Crippen LogP contribution in [0.5, 0.6) is 0 Å². The molecule has 0 saturated heterocycles. The molecule has 0 heterocycles. The minimum atomic E-state index is 0.341. The maximum atomic E-state index is 9.91. The minimum Gasteiger partial charge on any atom is -0.313 e. The van der Waals surface area contributed by atoms with Crippen LogP contribution in [0.1, 0.15) is 58.8 Å². The van der Waals surface area contributed by atoms with Crippen LogP contribution in [0, 0.1) is 0 Å². The van der Waals surface area contributed by atoms with Gasteiger partial charge in [0, 0.05) is 12.1 Å². The fourth-order valence-electron chi connectivity index (χ4n) is 2.26. The Balaban J connectivity index is 2.31. The lowest BCUT2D eigenvalue weighted by atomic mass is 9.94. The van der Waals surface area contributed by atoms with Crippen molar-refractivity contribution >= 4 is 0 Å². The monoisotopic (exact) mass is 185 g/mol. The summed E-state index contributed by atoms with van der Waals surface area (Å²) in [5.41, 5.74) is 0. The van der Waals surface area contributed by atoms with Crippen molar-refractivity contribution in [3.8, 4) is 0 Å². The Morgan fingerprint density at radius 2 is 1.92 bits per heavy atom. The van der Waals surface area contributed by atoms with Crippen molar-refractivity contribution in [2.75, 3.05) is 0 Å². The number of nitrogens with zero attached hydrogens (tertiary/aromatic N) is 1. The summed E-state index contributed by atoms with van der Waals surface area (Å²) in [6, 6.07) is 0.781. The van der Waals surface area contributed by atoms with Gasteiger partial charge in [-0.15, -0.1) is 0 Å². The van der Waals surface area contributed by atoms with E-state index in [1.807, 2.05) is 0 Å². The van der Waals surface area contributed by atoms with E-state index in [9.17, 15) is 5.21 Å². The second kappa shape index (κ2) is 5.61. The van der Waals surface area contributed by atoms with Gasteiger partial charge in [-0.3, -0.25) is 0 Å². The molecule has 2 nitrogen and oxygen atoms in total. The standard InChI is InChI=1S/C11H23NO/c1-3-7-10(2)12(13)11-8-5-4-6-9-11/h10-11,13H,3-9H2,1-2H3. The lowest BCUT2D eigenvalue weighted by molar-refractivity contribution is -0.164. The smallest absolute Gasteiger partial charge is 0.0353 e. The first-order valence-corrected chi connectivity index (χ1v) is 5.73. The van der Waals surface area contributed by atoms with E-state index >= 15 is 0 Å². The average Bonchev–Trinajstić information content (AvgIpc) is 2.18. The van der Waals surface area contributed by atoms with Crippen LogP contribution in [0.3, 0.4) is 0 Å².